The van der Waals surface area contributed by atoms with E-state index in [9.17, 15) is 0 Å². The topological polar surface area (TPSA) is 12.0 Å². The summed E-state index contributed by atoms with van der Waals surface area (Å²) in [5, 5.41) is 3.07. The molecule has 0 unspecified atom stereocenters. The largest absolute Gasteiger partial charge is 0.362 e. The molecule has 0 atom stereocenters. The zero-order chi connectivity index (χ0) is 8.97. The molecule has 0 spiro atoms. The van der Waals surface area contributed by atoms with Gasteiger partial charge in [-0.05, 0) is 30.3 Å². The molecule has 0 radical (unpaired) electrons. The molecule has 0 saturated heterocycles. The van der Waals surface area contributed by atoms with Gasteiger partial charge in [0.1, 0.15) is 0 Å². The van der Waals surface area contributed by atoms with Crippen molar-refractivity contribution in [3.05, 3.63) is 48.7 Å². The molecule has 1 N–H and O–H groups in total. The second-order valence-corrected chi connectivity index (χ2v) is 2.63. The molecule has 0 amide bonds. The third kappa shape index (κ3) is 1.76. The Morgan fingerprint density at radius 1 is 1.33 bits per heavy atom. The number of nitrogens with one attached hydrogen (secondary N) is 1. The van der Waals surface area contributed by atoms with E-state index in [0.717, 1.165) is 11.3 Å². The van der Waals surface area contributed by atoms with Crippen molar-refractivity contribution in [2.24, 2.45) is 0 Å². The lowest BCUT2D eigenvalue weighted by Gasteiger charge is -2.05. The van der Waals surface area contributed by atoms with Crippen molar-refractivity contribution < 1.29 is 0 Å². The zero-order valence-electron chi connectivity index (χ0n) is 7.30. The van der Waals surface area contributed by atoms with E-state index in [2.05, 4.69) is 31.5 Å². The maximum Gasteiger partial charge on any atom is 0.0415 e. The first kappa shape index (κ1) is 8.60. The lowest BCUT2D eigenvalue weighted by Crippen LogP contribution is -1.90. The third-order valence-electron chi connectivity index (χ3n) is 1.75. The van der Waals surface area contributed by atoms with Crippen LogP contribution in [0.5, 0.6) is 0 Å². The van der Waals surface area contributed by atoms with Crippen LogP contribution in [0, 0.1) is 6.92 Å². The van der Waals surface area contributed by atoms with Crippen LogP contribution in [-0.4, -0.2) is 0 Å². The van der Waals surface area contributed by atoms with Gasteiger partial charge in [0.05, 0.1) is 0 Å². The van der Waals surface area contributed by atoms with Crippen LogP contribution >= 0.6 is 0 Å². The van der Waals surface area contributed by atoms with Crippen LogP contribution in [0.2, 0.25) is 0 Å². The summed E-state index contributed by atoms with van der Waals surface area (Å²) in [6.45, 7) is 9.38. The standard InChI is InChI=1S/C11H13N/c1-4-10-7-6-9(3)11(8-10)12-5-2/h4-8,12H,1-2H2,3H3. The number of hydrogen-bond donors (Lipinski definition) is 1. The lowest BCUT2D eigenvalue weighted by molar-refractivity contribution is 1.43. The van der Waals surface area contributed by atoms with Gasteiger partial charge in [-0.15, -0.1) is 0 Å². The van der Waals surface area contributed by atoms with Gasteiger partial charge < -0.3 is 5.32 Å². The quantitative estimate of drug-likeness (QED) is 0.714. The lowest BCUT2D eigenvalue weighted by atomic mass is 10.1. The van der Waals surface area contributed by atoms with Gasteiger partial charge >= 0.3 is 0 Å². The fourth-order valence-corrected chi connectivity index (χ4v) is 1.03. The molecule has 0 aliphatic rings. The molecule has 1 rings (SSSR count). The zero-order valence-corrected chi connectivity index (χ0v) is 7.30. The maximum absolute atomic E-state index is 3.71. The number of rotatable bonds is 3. The molecule has 0 saturated carbocycles. The molecule has 0 heterocycles. The van der Waals surface area contributed by atoms with Gasteiger partial charge in [0.2, 0.25) is 0 Å². The summed E-state index contributed by atoms with van der Waals surface area (Å²) in [4.78, 5) is 0. The molecule has 62 valence electrons. The van der Waals surface area contributed by atoms with Gasteiger partial charge in [-0.1, -0.05) is 31.4 Å². The van der Waals surface area contributed by atoms with E-state index in [1.165, 1.54) is 5.56 Å². The van der Waals surface area contributed by atoms with E-state index < -0.39 is 0 Å². The maximum atomic E-state index is 3.71. The Kier molecular flexibility index (Phi) is 2.70. The van der Waals surface area contributed by atoms with Gasteiger partial charge in [0, 0.05) is 5.69 Å². The summed E-state index contributed by atoms with van der Waals surface area (Å²) in [5.41, 5.74) is 3.41. The van der Waals surface area contributed by atoms with Crippen LogP contribution in [0.15, 0.2) is 37.6 Å². The van der Waals surface area contributed by atoms with Crippen LogP contribution in [0.3, 0.4) is 0 Å². The number of benzene rings is 1. The molecule has 0 fully saturated rings. The number of hydrogen-bond acceptors (Lipinski definition) is 1. The molecule has 0 bridgehead atoms. The van der Waals surface area contributed by atoms with Crippen molar-refractivity contribution in [1.29, 1.82) is 0 Å². The Balaban J connectivity index is 3.06. The number of anilines is 1. The summed E-state index contributed by atoms with van der Waals surface area (Å²) in [7, 11) is 0. The molecule has 0 aromatic heterocycles. The Morgan fingerprint density at radius 2 is 2.08 bits per heavy atom. The summed E-state index contributed by atoms with van der Waals surface area (Å²) in [6.07, 6.45) is 3.50. The van der Waals surface area contributed by atoms with Gasteiger partial charge in [0.15, 0.2) is 0 Å². The summed E-state index contributed by atoms with van der Waals surface area (Å²) < 4.78 is 0. The van der Waals surface area contributed by atoms with Crippen LogP contribution in [0.1, 0.15) is 11.1 Å². The average Bonchev–Trinajstić information content (AvgIpc) is 2.09. The Hall–Kier alpha value is -1.50. The van der Waals surface area contributed by atoms with Gasteiger partial charge in [0.25, 0.3) is 0 Å². The summed E-state index contributed by atoms with van der Waals surface area (Å²) in [5.74, 6) is 0. The first-order valence-electron chi connectivity index (χ1n) is 3.88. The van der Waals surface area contributed by atoms with E-state index in [-0.39, 0.29) is 0 Å². The van der Waals surface area contributed by atoms with Gasteiger partial charge in [-0.2, -0.15) is 0 Å². The highest BCUT2D eigenvalue weighted by Crippen LogP contribution is 2.17. The summed E-state index contributed by atoms with van der Waals surface area (Å²) >= 11 is 0. The first-order valence-corrected chi connectivity index (χ1v) is 3.88. The van der Waals surface area contributed by atoms with Crippen molar-refractivity contribution in [2.75, 3.05) is 5.32 Å². The minimum atomic E-state index is 1.09. The van der Waals surface area contributed by atoms with E-state index in [1.54, 1.807) is 6.20 Å². The average molecular weight is 159 g/mol. The fraction of sp³-hybridized carbons (Fsp3) is 0.0909. The normalized spacial score (nSPS) is 9.08. The predicted octanol–water partition coefficient (Wildman–Crippen LogP) is 3.19. The van der Waals surface area contributed by atoms with E-state index >= 15 is 0 Å². The summed E-state index contributed by atoms with van der Waals surface area (Å²) in [6, 6.07) is 6.14. The second-order valence-electron chi connectivity index (χ2n) is 2.63. The molecule has 1 nitrogen and oxygen atoms in total. The monoisotopic (exact) mass is 159 g/mol. The van der Waals surface area contributed by atoms with Crippen LogP contribution in [0.4, 0.5) is 5.69 Å². The highest BCUT2D eigenvalue weighted by Gasteiger charge is 1.95. The molecule has 1 heteroatoms. The molecule has 1 aromatic carbocycles. The van der Waals surface area contributed by atoms with Crippen LogP contribution < -0.4 is 5.32 Å². The molecule has 1 aromatic rings. The van der Waals surface area contributed by atoms with E-state index in [4.69, 9.17) is 0 Å². The van der Waals surface area contributed by atoms with E-state index in [0.29, 0.717) is 0 Å². The van der Waals surface area contributed by atoms with Crippen molar-refractivity contribution >= 4 is 11.8 Å². The Bertz CT molecular complexity index is 300. The Morgan fingerprint density at radius 3 is 2.67 bits per heavy atom. The SMILES string of the molecule is C=CNc1cc(C=C)ccc1C. The minimum Gasteiger partial charge on any atom is -0.362 e. The first-order chi connectivity index (χ1) is 5.77. The third-order valence-corrected chi connectivity index (χ3v) is 1.75. The minimum absolute atomic E-state index is 1.09. The second kappa shape index (κ2) is 3.77. The molecular weight excluding hydrogens is 146 g/mol. The number of aryl methyl sites for hydroxylation is 1. The molecule has 0 aliphatic carbocycles. The highest BCUT2D eigenvalue weighted by molar-refractivity contribution is 5.60. The Labute approximate surface area is 73.4 Å². The van der Waals surface area contributed by atoms with E-state index in [1.807, 2.05) is 18.2 Å². The van der Waals surface area contributed by atoms with Gasteiger partial charge in [-0.3, -0.25) is 0 Å². The van der Waals surface area contributed by atoms with Gasteiger partial charge in [-0.25, -0.2) is 0 Å². The van der Waals surface area contributed by atoms with Crippen molar-refractivity contribution in [1.82, 2.24) is 0 Å². The van der Waals surface area contributed by atoms with Crippen LogP contribution in [0.25, 0.3) is 6.08 Å². The molecule has 0 aliphatic heterocycles. The predicted molar refractivity (Wildman–Crippen MR) is 55.1 cm³/mol. The van der Waals surface area contributed by atoms with Crippen LogP contribution in [-0.2, 0) is 0 Å². The molecular formula is C11H13N. The molecule has 12 heavy (non-hydrogen) atoms. The highest BCUT2D eigenvalue weighted by atomic mass is 14.8. The smallest absolute Gasteiger partial charge is 0.0415 e. The van der Waals surface area contributed by atoms with Crippen molar-refractivity contribution in [2.45, 2.75) is 6.92 Å². The van der Waals surface area contributed by atoms with Crippen molar-refractivity contribution in [3.63, 3.8) is 0 Å². The van der Waals surface area contributed by atoms with Crippen molar-refractivity contribution in [3.8, 4) is 0 Å². The fourth-order valence-electron chi connectivity index (χ4n) is 1.03.